The topological polar surface area (TPSA) is 90.7 Å². The second-order valence-electron chi connectivity index (χ2n) is 13.1. The monoisotopic (exact) mass is 533 g/mol. The standard InChI is InChI=1S/C31H43N5O3/c1-32-26-18-34(28(26)31(38)39)29-30(37)36(27-12-5-4-11-25(27)33-29)24-16-21-9-6-10-22(17-24)35(21)23-14-19-7-2-3-8-20(13-19)15-23/h4-5,11-12,19-24,26,28,32H,2-3,6-10,13-18H2,1H3,(H,38,39)/t19-,20?,21+,22+,23?,26+,28-/m0/s1. The molecule has 39 heavy (non-hydrogen) atoms. The third kappa shape index (κ3) is 4.38. The van der Waals surface area contributed by atoms with Crippen LogP contribution in [0.25, 0.3) is 11.0 Å². The van der Waals surface area contributed by atoms with E-state index in [4.69, 9.17) is 4.98 Å². The maximum absolute atomic E-state index is 14.2. The molecule has 0 spiro atoms. The van der Waals surface area contributed by atoms with Crippen LogP contribution in [0, 0.1) is 11.8 Å². The number of piperidine rings is 2. The lowest BCUT2D eigenvalue weighted by Gasteiger charge is -2.54. The number of carbonyl (C=O) groups is 1. The minimum atomic E-state index is -0.919. The van der Waals surface area contributed by atoms with E-state index in [2.05, 4.69) is 10.2 Å². The minimum absolute atomic E-state index is 0.117. The molecule has 5 fully saturated rings. The Kier molecular flexibility index (Phi) is 6.66. The predicted octanol–water partition coefficient (Wildman–Crippen LogP) is 4.17. The van der Waals surface area contributed by atoms with Gasteiger partial charge < -0.3 is 19.9 Å². The molecule has 7 atom stereocenters. The SMILES string of the molecule is CN[C@@H]1CN(c2nc3ccccc3n(C3C[C@H]4CCC[C@H](C3)N4C3CC4CCCC[C@@H](C4)C3)c2=O)[C@@H]1C(=O)O. The van der Waals surface area contributed by atoms with E-state index >= 15 is 0 Å². The van der Waals surface area contributed by atoms with Crippen LogP contribution in [0.2, 0.25) is 0 Å². The minimum Gasteiger partial charge on any atom is -0.480 e. The van der Waals surface area contributed by atoms with Gasteiger partial charge in [-0.1, -0.05) is 44.2 Å². The Morgan fingerprint density at radius 3 is 2.26 bits per heavy atom. The first-order valence-corrected chi connectivity index (χ1v) is 15.5. The zero-order chi connectivity index (χ0) is 26.7. The number of aromatic nitrogens is 2. The highest BCUT2D eigenvalue weighted by molar-refractivity contribution is 5.83. The van der Waals surface area contributed by atoms with E-state index in [-0.39, 0.29) is 23.5 Å². The molecular weight excluding hydrogens is 490 g/mol. The Labute approximate surface area is 230 Å². The quantitative estimate of drug-likeness (QED) is 0.596. The molecule has 8 nitrogen and oxygen atoms in total. The fourth-order valence-electron chi connectivity index (χ4n) is 9.27. The molecule has 7 rings (SSSR count). The van der Waals surface area contributed by atoms with Crippen molar-refractivity contribution in [1.82, 2.24) is 19.8 Å². The van der Waals surface area contributed by atoms with Gasteiger partial charge in [0, 0.05) is 30.7 Å². The van der Waals surface area contributed by atoms with Gasteiger partial charge in [-0.25, -0.2) is 9.78 Å². The molecule has 4 bridgehead atoms. The van der Waals surface area contributed by atoms with Crippen molar-refractivity contribution < 1.29 is 9.90 Å². The second-order valence-corrected chi connectivity index (χ2v) is 13.1. The van der Waals surface area contributed by atoms with Crippen LogP contribution in [0.3, 0.4) is 0 Å². The van der Waals surface area contributed by atoms with Crippen molar-refractivity contribution in [2.24, 2.45) is 11.8 Å². The van der Waals surface area contributed by atoms with E-state index in [9.17, 15) is 14.7 Å². The van der Waals surface area contributed by atoms with Crippen molar-refractivity contribution in [1.29, 1.82) is 0 Å². The van der Waals surface area contributed by atoms with E-state index in [1.165, 1.54) is 64.2 Å². The molecule has 2 aromatic rings. The molecule has 3 aliphatic heterocycles. The van der Waals surface area contributed by atoms with Gasteiger partial charge in [0.25, 0.3) is 5.56 Å². The van der Waals surface area contributed by atoms with Gasteiger partial charge in [0.2, 0.25) is 0 Å². The van der Waals surface area contributed by atoms with Crippen molar-refractivity contribution in [3.8, 4) is 0 Å². The molecule has 4 heterocycles. The molecule has 2 unspecified atom stereocenters. The maximum Gasteiger partial charge on any atom is 0.328 e. The summed E-state index contributed by atoms with van der Waals surface area (Å²) in [5, 5.41) is 13.0. The summed E-state index contributed by atoms with van der Waals surface area (Å²) < 4.78 is 2.01. The van der Waals surface area contributed by atoms with Crippen molar-refractivity contribution in [2.45, 2.75) is 113 Å². The number of nitrogens with one attached hydrogen (secondary N) is 1. The Hall–Kier alpha value is -2.45. The number of nitrogens with zero attached hydrogens (tertiary/aromatic N) is 4. The summed E-state index contributed by atoms with van der Waals surface area (Å²) in [4.78, 5) is 35.6. The summed E-state index contributed by atoms with van der Waals surface area (Å²) in [6.45, 7) is 0.474. The number of anilines is 1. The zero-order valence-corrected chi connectivity index (χ0v) is 23.2. The van der Waals surface area contributed by atoms with Crippen LogP contribution < -0.4 is 15.8 Å². The molecule has 2 saturated carbocycles. The average Bonchev–Trinajstić information content (AvgIpc) is 3.06. The molecule has 0 radical (unpaired) electrons. The number of rotatable bonds is 5. The van der Waals surface area contributed by atoms with Gasteiger partial charge in [-0.2, -0.15) is 0 Å². The molecular formula is C31H43N5O3. The number of hydrogen-bond donors (Lipinski definition) is 2. The average molecular weight is 534 g/mol. The van der Waals surface area contributed by atoms with Gasteiger partial charge in [-0.05, 0) is 76.0 Å². The number of para-hydroxylation sites is 2. The van der Waals surface area contributed by atoms with Gasteiger partial charge in [-0.3, -0.25) is 9.69 Å². The van der Waals surface area contributed by atoms with Crippen LogP contribution in [0.1, 0.15) is 83.1 Å². The smallest absolute Gasteiger partial charge is 0.328 e. The molecule has 210 valence electrons. The van der Waals surface area contributed by atoms with E-state index in [0.29, 0.717) is 24.7 Å². The van der Waals surface area contributed by atoms with E-state index in [0.717, 1.165) is 35.7 Å². The summed E-state index contributed by atoms with van der Waals surface area (Å²) in [6.07, 6.45) is 15.6. The van der Waals surface area contributed by atoms with E-state index in [1.54, 1.807) is 11.9 Å². The van der Waals surface area contributed by atoms with Crippen molar-refractivity contribution in [2.75, 3.05) is 18.5 Å². The summed E-state index contributed by atoms with van der Waals surface area (Å²) in [7, 11) is 1.78. The Morgan fingerprint density at radius 2 is 1.59 bits per heavy atom. The van der Waals surface area contributed by atoms with E-state index < -0.39 is 12.0 Å². The van der Waals surface area contributed by atoms with Gasteiger partial charge in [0.15, 0.2) is 5.82 Å². The highest BCUT2D eigenvalue weighted by Crippen LogP contribution is 2.47. The third-order valence-corrected chi connectivity index (χ3v) is 10.9. The number of carboxylic acid groups (broad SMARTS) is 1. The predicted molar refractivity (Wildman–Crippen MR) is 152 cm³/mol. The summed E-state index contributed by atoms with van der Waals surface area (Å²) in [5.74, 6) is 1.18. The lowest BCUT2D eigenvalue weighted by molar-refractivity contribution is -0.140. The number of fused-ring (bicyclic) bond motifs is 5. The number of aliphatic carboxylic acids is 1. The molecule has 2 aliphatic carbocycles. The molecule has 2 N–H and O–H groups in total. The van der Waals surface area contributed by atoms with E-state index in [1.807, 2.05) is 28.8 Å². The maximum atomic E-state index is 14.2. The van der Waals surface area contributed by atoms with Crippen molar-refractivity contribution >= 4 is 22.8 Å². The van der Waals surface area contributed by atoms with Crippen LogP contribution >= 0.6 is 0 Å². The first kappa shape index (κ1) is 25.5. The first-order chi connectivity index (χ1) is 19.0. The lowest BCUT2D eigenvalue weighted by atomic mass is 9.73. The fourth-order valence-corrected chi connectivity index (χ4v) is 9.27. The first-order valence-electron chi connectivity index (χ1n) is 15.5. The number of benzene rings is 1. The Morgan fingerprint density at radius 1 is 0.897 bits per heavy atom. The second kappa shape index (κ2) is 10.2. The van der Waals surface area contributed by atoms with Gasteiger partial charge in [-0.15, -0.1) is 0 Å². The number of carboxylic acids is 1. The molecule has 0 amide bonds. The van der Waals surface area contributed by atoms with Crippen molar-refractivity contribution in [3.63, 3.8) is 0 Å². The third-order valence-electron chi connectivity index (χ3n) is 10.9. The van der Waals surface area contributed by atoms with Gasteiger partial charge in [0.05, 0.1) is 17.1 Å². The lowest BCUT2D eigenvalue weighted by Crippen LogP contribution is -2.69. The normalized spacial score (nSPS) is 36.8. The summed E-state index contributed by atoms with van der Waals surface area (Å²) in [6, 6.07) is 8.83. The van der Waals surface area contributed by atoms with Gasteiger partial charge >= 0.3 is 5.97 Å². The number of likely N-dealkylation sites (N-methyl/N-ethyl adjacent to an activating group) is 1. The Balaban J connectivity index is 1.22. The van der Waals surface area contributed by atoms with Crippen molar-refractivity contribution in [3.05, 3.63) is 34.6 Å². The van der Waals surface area contributed by atoms with Crippen LogP contribution in [-0.2, 0) is 4.79 Å². The van der Waals surface area contributed by atoms with Crippen LogP contribution in [0.4, 0.5) is 5.82 Å². The zero-order valence-electron chi connectivity index (χ0n) is 23.2. The van der Waals surface area contributed by atoms with Crippen LogP contribution in [0.15, 0.2) is 29.1 Å². The summed E-state index contributed by atoms with van der Waals surface area (Å²) >= 11 is 0. The molecule has 8 heteroatoms. The fraction of sp³-hybridized carbons (Fsp3) is 0.710. The van der Waals surface area contributed by atoms with Crippen LogP contribution in [-0.4, -0.2) is 69.3 Å². The molecule has 1 aromatic heterocycles. The Bertz CT molecular complexity index is 1270. The van der Waals surface area contributed by atoms with Crippen LogP contribution in [0.5, 0.6) is 0 Å². The van der Waals surface area contributed by atoms with Gasteiger partial charge in [0.1, 0.15) is 6.04 Å². The largest absolute Gasteiger partial charge is 0.480 e. The number of hydrogen-bond acceptors (Lipinski definition) is 6. The molecule has 5 aliphatic rings. The molecule has 3 saturated heterocycles. The highest BCUT2D eigenvalue weighted by Gasteiger charge is 2.47. The summed E-state index contributed by atoms with van der Waals surface area (Å²) in [5.41, 5.74) is 1.52. The highest BCUT2D eigenvalue weighted by atomic mass is 16.4. The molecule has 1 aromatic carbocycles.